The van der Waals surface area contributed by atoms with Gasteiger partial charge in [0.25, 0.3) is 0 Å². The number of hydrogen-bond donors (Lipinski definition) is 2. The van der Waals surface area contributed by atoms with Crippen LogP contribution in [-0.4, -0.2) is 58.0 Å². The highest BCUT2D eigenvalue weighted by molar-refractivity contribution is 14.0. The van der Waals surface area contributed by atoms with Crippen LogP contribution in [0.3, 0.4) is 0 Å². The number of aromatic nitrogens is 2. The molecule has 136 valence electrons. The number of halogens is 1. The van der Waals surface area contributed by atoms with Gasteiger partial charge in [0.2, 0.25) is 0 Å². The zero-order chi connectivity index (χ0) is 16.8. The summed E-state index contributed by atoms with van der Waals surface area (Å²) in [5.41, 5.74) is 2.23. The number of likely N-dealkylation sites (tertiary alicyclic amines) is 1. The Balaban J connectivity index is 0.00000225. The molecule has 1 saturated heterocycles. The lowest BCUT2D eigenvalue weighted by atomic mass is 10.2. The zero-order valence-electron chi connectivity index (χ0n) is 14.5. The number of para-hydroxylation sites is 1. The van der Waals surface area contributed by atoms with Crippen LogP contribution in [0.4, 0.5) is 0 Å². The van der Waals surface area contributed by atoms with Crippen molar-refractivity contribution in [2.24, 2.45) is 4.99 Å². The van der Waals surface area contributed by atoms with Gasteiger partial charge in [0.15, 0.2) is 5.96 Å². The van der Waals surface area contributed by atoms with Gasteiger partial charge in [-0.25, -0.2) is 4.68 Å². The molecule has 25 heavy (non-hydrogen) atoms. The molecule has 2 N–H and O–H groups in total. The highest BCUT2D eigenvalue weighted by Gasteiger charge is 2.22. The predicted molar refractivity (Wildman–Crippen MR) is 111 cm³/mol. The van der Waals surface area contributed by atoms with Gasteiger partial charge in [0.1, 0.15) is 0 Å². The van der Waals surface area contributed by atoms with Gasteiger partial charge in [0, 0.05) is 32.4 Å². The van der Waals surface area contributed by atoms with E-state index in [9.17, 15) is 5.11 Å². The average molecular weight is 455 g/mol. The smallest absolute Gasteiger partial charge is 0.194 e. The number of β-amino-alcohol motifs (C(OH)–C–C–N with tert-alkyl or cyclic N) is 1. The SMILES string of the molecule is CCNC(=NCCc1cnn(-c2ccccc2)c1)N1CC[C@@H](O)C1.I. The van der Waals surface area contributed by atoms with Crippen molar-refractivity contribution in [1.29, 1.82) is 0 Å². The first-order chi connectivity index (χ1) is 11.8. The Labute approximate surface area is 166 Å². The van der Waals surface area contributed by atoms with Crippen molar-refractivity contribution in [2.45, 2.75) is 25.9 Å². The second-order valence-electron chi connectivity index (χ2n) is 6.00. The first kappa shape index (κ1) is 19.7. The van der Waals surface area contributed by atoms with Crippen LogP contribution in [0.25, 0.3) is 5.69 Å². The third-order valence-corrected chi connectivity index (χ3v) is 4.12. The molecule has 0 amide bonds. The van der Waals surface area contributed by atoms with E-state index >= 15 is 0 Å². The summed E-state index contributed by atoms with van der Waals surface area (Å²) in [6, 6.07) is 10.1. The summed E-state index contributed by atoms with van der Waals surface area (Å²) in [4.78, 5) is 6.82. The van der Waals surface area contributed by atoms with Crippen LogP contribution in [0.2, 0.25) is 0 Å². The van der Waals surface area contributed by atoms with Crippen molar-refractivity contribution in [3.63, 3.8) is 0 Å². The number of aliphatic imine (C=N–C) groups is 1. The molecule has 2 aromatic rings. The first-order valence-electron chi connectivity index (χ1n) is 8.56. The van der Waals surface area contributed by atoms with Crippen LogP contribution in [0, 0.1) is 0 Å². The van der Waals surface area contributed by atoms with Crippen LogP contribution in [0.15, 0.2) is 47.7 Å². The molecular weight excluding hydrogens is 429 g/mol. The quantitative estimate of drug-likeness (QED) is 0.412. The van der Waals surface area contributed by atoms with Crippen LogP contribution in [0.5, 0.6) is 0 Å². The fourth-order valence-corrected chi connectivity index (χ4v) is 2.86. The molecule has 7 heteroatoms. The molecule has 0 spiro atoms. The Morgan fingerprint density at radius 2 is 2.16 bits per heavy atom. The molecule has 0 unspecified atom stereocenters. The maximum Gasteiger partial charge on any atom is 0.194 e. The molecule has 1 aromatic carbocycles. The van der Waals surface area contributed by atoms with Crippen molar-refractivity contribution in [3.8, 4) is 5.69 Å². The third kappa shape index (κ3) is 5.43. The van der Waals surface area contributed by atoms with Crippen LogP contribution in [0.1, 0.15) is 18.9 Å². The second kappa shape index (κ2) is 9.76. The third-order valence-electron chi connectivity index (χ3n) is 4.12. The van der Waals surface area contributed by atoms with Gasteiger partial charge in [-0.2, -0.15) is 5.10 Å². The van der Waals surface area contributed by atoms with E-state index in [0.717, 1.165) is 37.6 Å². The van der Waals surface area contributed by atoms with E-state index in [0.29, 0.717) is 13.1 Å². The molecule has 0 radical (unpaired) electrons. The van der Waals surface area contributed by atoms with Gasteiger partial charge < -0.3 is 15.3 Å². The average Bonchev–Trinajstić information content (AvgIpc) is 3.24. The molecule has 0 saturated carbocycles. The molecule has 1 aromatic heterocycles. The van der Waals surface area contributed by atoms with Crippen LogP contribution in [-0.2, 0) is 6.42 Å². The van der Waals surface area contributed by atoms with Crippen molar-refractivity contribution in [1.82, 2.24) is 20.0 Å². The number of nitrogens with one attached hydrogen (secondary N) is 1. The zero-order valence-corrected chi connectivity index (χ0v) is 16.8. The molecule has 1 fully saturated rings. The molecule has 1 aliphatic heterocycles. The number of aliphatic hydroxyl groups excluding tert-OH is 1. The lowest BCUT2D eigenvalue weighted by molar-refractivity contribution is 0.188. The monoisotopic (exact) mass is 455 g/mol. The summed E-state index contributed by atoms with van der Waals surface area (Å²) in [5.74, 6) is 0.893. The number of benzene rings is 1. The molecule has 6 nitrogen and oxygen atoms in total. The lowest BCUT2D eigenvalue weighted by Gasteiger charge is -2.20. The standard InChI is InChI=1S/C18H25N5O.HI/c1-2-19-18(22-11-9-17(24)14-22)20-10-8-15-12-21-23(13-15)16-6-4-3-5-7-16;/h3-7,12-13,17,24H,2,8-11,14H2,1H3,(H,19,20);1H/t17-;/m1./s1. The van der Waals surface area contributed by atoms with E-state index in [-0.39, 0.29) is 30.1 Å². The number of nitrogens with zero attached hydrogens (tertiary/aromatic N) is 4. The largest absolute Gasteiger partial charge is 0.391 e. The van der Waals surface area contributed by atoms with E-state index < -0.39 is 0 Å². The predicted octanol–water partition coefficient (Wildman–Crippen LogP) is 2.06. The normalized spacial score (nSPS) is 17.4. The lowest BCUT2D eigenvalue weighted by Crippen LogP contribution is -2.40. The van der Waals surface area contributed by atoms with Gasteiger partial charge in [-0.05, 0) is 37.5 Å². The Morgan fingerprint density at radius 3 is 2.84 bits per heavy atom. The molecule has 2 heterocycles. The number of aliphatic hydroxyl groups is 1. The van der Waals surface area contributed by atoms with Gasteiger partial charge in [0.05, 0.1) is 18.0 Å². The molecule has 1 aliphatic rings. The molecule has 0 bridgehead atoms. The van der Waals surface area contributed by atoms with Crippen LogP contribution >= 0.6 is 24.0 Å². The molecule has 1 atom stereocenters. The minimum absolute atomic E-state index is 0. The summed E-state index contributed by atoms with van der Waals surface area (Å²) in [5, 5.41) is 17.4. The minimum Gasteiger partial charge on any atom is -0.391 e. The maximum atomic E-state index is 9.70. The Morgan fingerprint density at radius 1 is 1.36 bits per heavy atom. The van der Waals surface area contributed by atoms with Crippen molar-refractivity contribution in [3.05, 3.63) is 48.3 Å². The Bertz CT molecular complexity index is 673. The van der Waals surface area contributed by atoms with E-state index in [1.165, 1.54) is 5.56 Å². The van der Waals surface area contributed by atoms with Gasteiger partial charge in [-0.1, -0.05) is 18.2 Å². The number of rotatable bonds is 5. The van der Waals surface area contributed by atoms with Gasteiger partial charge in [-0.3, -0.25) is 4.99 Å². The maximum absolute atomic E-state index is 9.70. The Kier molecular flexibility index (Phi) is 7.70. The molecule has 0 aliphatic carbocycles. The fourth-order valence-electron chi connectivity index (χ4n) is 2.86. The highest BCUT2D eigenvalue weighted by Crippen LogP contribution is 2.10. The molecular formula is C18H26IN5O. The topological polar surface area (TPSA) is 65.7 Å². The summed E-state index contributed by atoms with van der Waals surface area (Å²) < 4.78 is 1.89. The number of guanidine groups is 1. The van der Waals surface area contributed by atoms with E-state index in [2.05, 4.69) is 28.4 Å². The summed E-state index contributed by atoms with van der Waals surface area (Å²) in [6.45, 7) is 5.12. The Hall–Kier alpha value is -1.61. The van der Waals surface area contributed by atoms with E-state index in [4.69, 9.17) is 4.99 Å². The number of hydrogen-bond acceptors (Lipinski definition) is 3. The summed E-state index contributed by atoms with van der Waals surface area (Å²) in [6.07, 6.45) is 5.37. The first-order valence-corrected chi connectivity index (χ1v) is 8.56. The van der Waals surface area contributed by atoms with Crippen molar-refractivity contribution >= 4 is 29.9 Å². The summed E-state index contributed by atoms with van der Waals surface area (Å²) in [7, 11) is 0. The van der Waals surface area contributed by atoms with Crippen LogP contribution < -0.4 is 5.32 Å². The van der Waals surface area contributed by atoms with Crippen molar-refractivity contribution < 1.29 is 5.11 Å². The fraction of sp³-hybridized carbons (Fsp3) is 0.444. The summed E-state index contributed by atoms with van der Waals surface area (Å²) >= 11 is 0. The van der Waals surface area contributed by atoms with Gasteiger partial charge in [-0.15, -0.1) is 24.0 Å². The molecule has 3 rings (SSSR count). The van der Waals surface area contributed by atoms with E-state index in [1.807, 2.05) is 41.2 Å². The minimum atomic E-state index is -0.238. The highest BCUT2D eigenvalue weighted by atomic mass is 127. The van der Waals surface area contributed by atoms with Crippen molar-refractivity contribution in [2.75, 3.05) is 26.2 Å². The van der Waals surface area contributed by atoms with E-state index in [1.54, 1.807) is 0 Å². The second-order valence-corrected chi connectivity index (χ2v) is 6.00. The van der Waals surface area contributed by atoms with Gasteiger partial charge >= 0.3 is 0 Å².